The first-order valence-electron chi connectivity index (χ1n) is 7.77. The molecule has 5 heteroatoms. The number of benzene rings is 1. The Morgan fingerprint density at radius 1 is 1.23 bits per heavy atom. The number of hydrogen-bond acceptors (Lipinski definition) is 2. The van der Waals surface area contributed by atoms with E-state index in [0.717, 1.165) is 24.9 Å². The highest BCUT2D eigenvalue weighted by molar-refractivity contribution is 5.94. The average Bonchev–Trinajstić information content (AvgIpc) is 2.44. The standard InChI is InChI=1S/C17H28N4O/c1-5-6-11-19-15(22)14-9-7-13(8-10-14)12-20-16(18)21-17(2,3)4/h7-10H,5-6,11-12H2,1-4H3,(H,19,22)(H3,18,20,21). The van der Waals surface area contributed by atoms with Gasteiger partial charge in [-0.15, -0.1) is 0 Å². The molecule has 0 aliphatic rings. The number of carbonyl (C=O) groups is 1. The number of guanidine groups is 1. The number of amides is 1. The lowest BCUT2D eigenvalue weighted by atomic mass is 10.1. The zero-order valence-corrected chi connectivity index (χ0v) is 14.1. The molecule has 1 aromatic rings. The molecule has 1 rings (SSSR count). The van der Waals surface area contributed by atoms with Crippen LogP contribution in [-0.4, -0.2) is 24.0 Å². The number of rotatable bonds is 6. The maximum atomic E-state index is 11.9. The third-order valence-corrected chi connectivity index (χ3v) is 2.97. The Hall–Kier alpha value is -2.04. The molecule has 1 amide bonds. The van der Waals surface area contributed by atoms with E-state index in [0.29, 0.717) is 18.1 Å². The molecule has 0 aromatic heterocycles. The minimum Gasteiger partial charge on any atom is -0.370 e. The van der Waals surface area contributed by atoms with E-state index in [1.165, 1.54) is 0 Å². The molecule has 5 nitrogen and oxygen atoms in total. The second-order valence-corrected chi connectivity index (χ2v) is 6.38. The summed E-state index contributed by atoms with van der Waals surface area (Å²) in [7, 11) is 0. The van der Waals surface area contributed by atoms with E-state index in [1.807, 2.05) is 45.0 Å². The van der Waals surface area contributed by atoms with Crippen molar-refractivity contribution >= 4 is 11.9 Å². The van der Waals surface area contributed by atoms with Gasteiger partial charge in [0.25, 0.3) is 5.91 Å². The zero-order valence-electron chi connectivity index (χ0n) is 14.1. The van der Waals surface area contributed by atoms with Crippen LogP contribution in [0.1, 0.15) is 56.5 Å². The van der Waals surface area contributed by atoms with E-state index in [2.05, 4.69) is 22.5 Å². The first kappa shape index (κ1) is 18.0. The van der Waals surface area contributed by atoms with Gasteiger partial charge in [-0.1, -0.05) is 25.5 Å². The number of nitrogens with zero attached hydrogens (tertiary/aromatic N) is 1. The minimum atomic E-state index is -0.103. The van der Waals surface area contributed by atoms with Gasteiger partial charge < -0.3 is 16.4 Å². The fourth-order valence-electron chi connectivity index (χ4n) is 1.84. The van der Waals surface area contributed by atoms with Gasteiger partial charge in [-0.2, -0.15) is 0 Å². The van der Waals surface area contributed by atoms with Crippen LogP contribution in [-0.2, 0) is 6.54 Å². The summed E-state index contributed by atoms with van der Waals surface area (Å²) in [5.74, 6) is 0.395. The molecule has 0 radical (unpaired) electrons. The molecule has 122 valence electrons. The van der Waals surface area contributed by atoms with E-state index in [1.54, 1.807) is 0 Å². The molecule has 0 fully saturated rings. The summed E-state index contributed by atoms with van der Waals surface area (Å²) in [6.07, 6.45) is 2.07. The molecule has 0 atom stereocenters. The van der Waals surface area contributed by atoms with Crippen molar-refractivity contribution in [3.63, 3.8) is 0 Å². The molecule has 0 aliphatic carbocycles. The lowest BCUT2D eigenvalue weighted by Crippen LogP contribution is -2.44. The topological polar surface area (TPSA) is 79.5 Å². The Bertz CT molecular complexity index is 500. The van der Waals surface area contributed by atoms with Gasteiger partial charge in [0.05, 0.1) is 6.54 Å². The van der Waals surface area contributed by atoms with Crippen LogP contribution in [0.25, 0.3) is 0 Å². The molecule has 4 N–H and O–H groups in total. The monoisotopic (exact) mass is 304 g/mol. The molecule has 0 saturated carbocycles. The number of nitrogens with two attached hydrogens (primary N) is 1. The normalized spacial score (nSPS) is 12.1. The van der Waals surface area contributed by atoms with Crippen LogP contribution in [0.5, 0.6) is 0 Å². The summed E-state index contributed by atoms with van der Waals surface area (Å²) in [5, 5.41) is 6.01. The number of carbonyl (C=O) groups excluding carboxylic acids is 1. The number of unbranched alkanes of at least 4 members (excludes halogenated alkanes) is 1. The van der Waals surface area contributed by atoms with Crippen LogP contribution in [0.2, 0.25) is 0 Å². The largest absolute Gasteiger partial charge is 0.370 e. The van der Waals surface area contributed by atoms with Crippen molar-refractivity contribution in [1.29, 1.82) is 0 Å². The summed E-state index contributed by atoms with van der Waals surface area (Å²) in [4.78, 5) is 16.2. The fourth-order valence-corrected chi connectivity index (χ4v) is 1.84. The molecule has 0 spiro atoms. The van der Waals surface area contributed by atoms with Crippen LogP contribution < -0.4 is 16.4 Å². The van der Waals surface area contributed by atoms with Crippen molar-refractivity contribution in [3.8, 4) is 0 Å². The van der Waals surface area contributed by atoms with E-state index in [-0.39, 0.29) is 11.4 Å². The second-order valence-electron chi connectivity index (χ2n) is 6.38. The van der Waals surface area contributed by atoms with Gasteiger partial charge in [0.15, 0.2) is 5.96 Å². The van der Waals surface area contributed by atoms with Gasteiger partial charge in [-0.25, -0.2) is 4.99 Å². The second kappa shape index (κ2) is 8.41. The quantitative estimate of drug-likeness (QED) is 0.429. The maximum Gasteiger partial charge on any atom is 0.251 e. The van der Waals surface area contributed by atoms with Crippen molar-refractivity contribution in [2.24, 2.45) is 10.7 Å². The molecule has 22 heavy (non-hydrogen) atoms. The van der Waals surface area contributed by atoms with Crippen molar-refractivity contribution in [3.05, 3.63) is 35.4 Å². The third kappa shape index (κ3) is 7.11. The van der Waals surface area contributed by atoms with Gasteiger partial charge in [0.1, 0.15) is 0 Å². The van der Waals surface area contributed by atoms with Gasteiger partial charge in [-0.05, 0) is 44.9 Å². The maximum absolute atomic E-state index is 11.9. The van der Waals surface area contributed by atoms with Crippen molar-refractivity contribution in [2.75, 3.05) is 6.54 Å². The zero-order chi connectivity index (χ0) is 16.6. The lowest BCUT2D eigenvalue weighted by molar-refractivity contribution is 0.0953. The molecule has 1 aromatic carbocycles. The number of hydrogen-bond donors (Lipinski definition) is 3. The van der Waals surface area contributed by atoms with Crippen molar-refractivity contribution in [2.45, 2.75) is 52.6 Å². The van der Waals surface area contributed by atoms with E-state index >= 15 is 0 Å². The first-order chi connectivity index (χ1) is 10.3. The Morgan fingerprint density at radius 3 is 2.41 bits per heavy atom. The highest BCUT2D eigenvalue weighted by Gasteiger charge is 2.09. The summed E-state index contributed by atoms with van der Waals surface area (Å²) < 4.78 is 0. The molecular formula is C17H28N4O. The highest BCUT2D eigenvalue weighted by Crippen LogP contribution is 2.06. The van der Waals surface area contributed by atoms with E-state index in [4.69, 9.17) is 5.73 Å². The highest BCUT2D eigenvalue weighted by atomic mass is 16.1. The number of aliphatic imine (C=N–C) groups is 1. The molecule has 0 saturated heterocycles. The Labute approximate surface area is 133 Å². The average molecular weight is 304 g/mol. The third-order valence-electron chi connectivity index (χ3n) is 2.97. The van der Waals surface area contributed by atoms with Crippen LogP contribution in [0.15, 0.2) is 29.3 Å². The van der Waals surface area contributed by atoms with Gasteiger partial charge in [0, 0.05) is 17.6 Å². The van der Waals surface area contributed by atoms with Gasteiger partial charge in [-0.3, -0.25) is 4.79 Å². The summed E-state index contributed by atoms with van der Waals surface area (Å²) in [5.41, 5.74) is 7.41. The SMILES string of the molecule is CCCCNC(=O)c1ccc(CN=C(N)NC(C)(C)C)cc1. The number of nitrogens with one attached hydrogen (secondary N) is 2. The smallest absolute Gasteiger partial charge is 0.251 e. The molecule has 0 heterocycles. The van der Waals surface area contributed by atoms with E-state index < -0.39 is 0 Å². The lowest BCUT2D eigenvalue weighted by Gasteiger charge is -2.20. The predicted octanol–water partition coefficient (Wildman–Crippen LogP) is 2.42. The van der Waals surface area contributed by atoms with Crippen LogP contribution >= 0.6 is 0 Å². The molecule has 0 aliphatic heterocycles. The molecular weight excluding hydrogens is 276 g/mol. The van der Waals surface area contributed by atoms with Crippen molar-refractivity contribution in [1.82, 2.24) is 10.6 Å². The van der Waals surface area contributed by atoms with E-state index in [9.17, 15) is 4.79 Å². The minimum absolute atomic E-state index is 0.0302. The van der Waals surface area contributed by atoms with Crippen LogP contribution in [0.3, 0.4) is 0 Å². The van der Waals surface area contributed by atoms with Crippen LogP contribution in [0.4, 0.5) is 0 Å². The van der Waals surface area contributed by atoms with Gasteiger partial charge in [0.2, 0.25) is 0 Å². The first-order valence-corrected chi connectivity index (χ1v) is 7.77. The summed E-state index contributed by atoms with van der Waals surface area (Å²) in [6.45, 7) is 9.40. The summed E-state index contributed by atoms with van der Waals surface area (Å²) >= 11 is 0. The summed E-state index contributed by atoms with van der Waals surface area (Å²) in [6, 6.07) is 7.45. The molecule has 0 bridgehead atoms. The Kier molecular flexibility index (Phi) is 6.89. The fraction of sp³-hybridized carbons (Fsp3) is 0.529. The van der Waals surface area contributed by atoms with Crippen LogP contribution in [0, 0.1) is 0 Å². The van der Waals surface area contributed by atoms with Gasteiger partial charge >= 0.3 is 0 Å². The Balaban J connectivity index is 2.54. The predicted molar refractivity (Wildman–Crippen MR) is 91.9 cm³/mol. The molecule has 0 unspecified atom stereocenters. The van der Waals surface area contributed by atoms with Crippen molar-refractivity contribution < 1.29 is 4.79 Å². The Morgan fingerprint density at radius 2 is 1.86 bits per heavy atom.